The van der Waals surface area contributed by atoms with Crippen LogP contribution in [0.15, 0.2) is 24.3 Å². The van der Waals surface area contributed by atoms with Crippen molar-refractivity contribution < 1.29 is 4.79 Å². The number of hydrogen-bond donors (Lipinski definition) is 1. The predicted octanol–water partition coefficient (Wildman–Crippen LogP) is 1.37. The maximum Gasteiger partial charge on any atom is 0.253 e. The highest BCUT2D eigenvalue weighted by molar-refractivity contribution is 5.94. The summed E-state index contributed by atoms with van der Waals surface area (Å²) < 4.78 is 0. The number of nitriles is 1. The van der Waals surface area contributed by atoms with Gasteiger partial charge in [0.2, 0.25) is 0 Å². The van der Waals surface area contributed by atoms with Crippen LogP contribution in [0.5, 0.6) is 0 Å². The van der Waals surface area contributed by atoms with Gasteiger partial charge in [0.15, 0.2) is 0 Å². The van der Waals surface area contributed by atoms with Gasteiger partial charge in [0.1, 0.15) is 0 Å². The summed E-state index contributed by atoms with van der Waals surface area (Å²) >= 11 is 0. The molecule has 2 N–H and O–H groups in total. The molecule has 1 aromatic rings. The summed E-state index contributed by atoms with van der Waals surface area (Å²) in [4.78, 5) is 14.1. The third-order valence-electron chi connectivity index (χ3n) is 3.60. The van der Waals surface area contributed by atoms with Crippen molar-refractivity contribution in [2.24, 2.45) is 11.1 Å². The molecule has 94 valence electrons. The number of benzene rings is 1. The molecule has 0 spiro atoms. The molecule has 0 aliphatic carbocycles. The van der Waals surface area contributed by atoms with Gasteiger partial charge in [-0.2, -0.15) is 5.26 Å². The van der Waals surface area contributed by atoms with Crippen LogP contribution in [0.2, 0.25) is 0 Å². The van der Waals surface area contributed by atoms with Crippen molar-refractivity contribution in [3.8, 4) is 6.07 Å². The standard InChI is InChI=1S/C14H17N3O/c1-14(9-16)6-7-17(10-14)13(18)12-4-2-11(8-15)3-5-12/h2-5H,6-7,9-10,16H2,1H3. The fourth-order valence-corrected chi connectivity index (χ4v) is 2.23. The Morgan fingerprint density at radius 3 is 2.67 bits per heavy atom. The molecule has 1 aliphatic heterocycles. The monoisotopic (exact) mass is 243 g/mol. The Hall–Kier alpha value is -1.86. The number of rotatable bonds is 2. The second kappa shape index (κ2) is 4.79. The van der Waals surface area contributed by atoms with Crippen LogP contribution in [-0.2, 0) is 0 Å². The molecule has 18 heavy (non-hydrogen) atoms. The first-order valence-electron chi connectivity index (χ1n) is 6.07. The zero-order valence-electron chi connectivity index (χ0n) is 10.5. The Morgan fingerprint density at radius 1 is 1.50 bits per heavy atom. The van der Waals surface area contributed by atoms with Crippen molar-refractivity contribution >= 4 is 5.91 Å². The van der Waals surface area contributed by atoms with Gasteiger partial charge in [0.05, 0.1) is 11.6 Å². The third-order valence-corrected chi connectivity index (χ3v) is 3.60. The molecule has 1 heterocycles. The maximum absolute atomic E-state index is 12.3. The smallest absolute Gasteiger partial charge is 0.253 e. The molecule has 1 aromatic carbocycles. The highest BCUT2D eigenvalue weighted by Crippen LogP contribution is 2.29. The van der Waals surface area contributed by atoms with Gasteiger partial charge in [-0.15, -0.1) is 0 Å². The molecular weight excluding hydrogens is 226 g/mol. The second-order valence-corrected chi connectivity index (χ2v) is 5.18. The Balaban J connectivity index is 2.11. The van der Waals surface area contributed by atoms with E-state index in [-0.39, 0.29) is 11.3 Å². The Morgan fingerprint density at radius 2 is 2.17 bits per heavy atom. The average Bonchev–Trinajstić information content (AvgIpc) is 2.81. The molecule has 1 fully saturated rings. The lowest BCUT2D eigenvalue weighted by Crippen LogP contribution is -2.34. The van der Waals surface area contributed by atoms with E-state index in [0.29, 0.717) is 24.2 Å². The molecule has 4 heteroatoms. The highest BCUT2D eigenvalue weighted by atomic mass is 16.2. The van der Waals surface area contributed by atoms with Gasteiger partial charge in [-0.05, 0) is 42.6 Å². The largest absolute Gasteiger partial charge is 0.338 e. The molecule has 1 atom stereocenters. The molecule has 0 aromatic heterocycles. The molecule has 1 saturated heterocycles. The lowest BCUT2D eigenvalue weighted by molar-refractivity contribution is 0.0777. The molecule has 0 saturated carbocycles. The normalized spacial score (nSPS) is 22.8. The minimum Gasteiger partial charge on any atom is -0.338 e. The van der Waals surface area contributed by atoms with E-state index in [2.05, 4.69) is 6.92 Å². The molecule has 1 aliphatic rings. The second-order valence-electron chi connectivity index (χ2n) is 5.18. The first-order valence-corrected chi connectivity index (χ1v) is 6.07. The van der Waals surface area contributed by atoms with Crippen molar-refractivity contribution in [3.05, 3.63) is 35.4 Å². The number of hydrogen-bond acceptors (Lipinski definition) is 3. The van der Waals surface area contributed by atoms with Gasteiger partial charge in [-0.25, -0.2) is 0 Å². The number of carbonyl (C=O) groups is 1. The van der Waals surface area contributed by atoms with Crippen molar-refractivity contribution in [1.29, 1.82) is 5.26 Å². The van der Waals surface area contributed by atoms with E-state index in [1.54, 1.807) is 24.3 Å². The summed E-state index contributed by atoms with van der Waals surface area (Å²) in [5.41, 5.74) is 6.98. The van der Waals surface area contributed by atoms with E-state index in [4.69, 9.17) is 11.0 Å². The number of nitrogens with two attached hydrogens (primary N) is 1. The van der Waals surface area contributed by atoms with E-state index in [1.165, 1.54) is 0 Å². The third kappa shape index (κ3) is 2.36. The number of amides is 1. The van der Waals surface area contributed by atoms with E-state index in [9.17, 15) is 4.79 Å². The number of likely N-dealkylation sites (tertiary alicyclic amines) is 1. The van der Waals surface area contributed by atoms with E-state index < -0.39 is 0 Å². The predicted molar refractivity (Wildman–Crippen MR) is 68.8 cm³/mol. The van der Waals surface area contributed by atoms with E-state index in [1.807, 2.05) is 11.0 Å². The lowest BCUT2D eigenvalue weighted by atomic mass is 9.90. The molecule has 2 rings (SSSR count). The summed E-state index contributed by atoms with van der Waals surface area (Å²) in [5, 5.41) is 8.72. The minimum absolute atomic E-state index is 0.0247. The van der Waals surface area contributed by atoms with Gasteiger partial charge in [0.25, 0.3) is 5.91 Å². The Kier molecular flexibility index (Phi) is 3.35. The van der Waals surface area contributed by atoms with Crippen molar-refractivity contribution in [3.63, 3.8) is 0 Å². The maximum atomic E-state index is 12.3. The van der Waals surface area contributed by atoms with Crippen molar-refractivity contribution in [1.82, 2.24) is 4.90 Å². The van der Waals surface area contributed by atoms with Crippen LogP contribution in [0.25, 0.3) is 0 Å². The number of carbonyl (C=O) groups excluding carboxylic acids is 1. The first-order chi connectivity index (χ1) is 8.58. The number of nitrogens with zero attached hydrogens (tertiary/aromatic N) is 2. The van der Waals surface area contributed by atoms with Gasteiger partial charge in [0, 0.05) is 18.7 Å². The zero-order valence-corrected chi connectivity index (χ0v) is 10.5. The topological polar surface area (TPSA) is 70.1 Å². The molecular formula is C14H17N3O. The van der Waals surface area contributed by atoms with Crippen LogP contribution in [0.3, 0.4) is 0 Å². The van der Waals surface area contributed by atoms with Crippen LogP contribution in [0.4, 0.5) is 0 Å². The van der Waals surface area contributed by atoms with E-state index >= 15 is 0 Å². The van der Waals surface area contributed by atoms with Crippen LogP contribution in [0, 0.1) is 16.7 Å². The summed E-state index contributed by atoms with van der Waals surface area (Å²) in [6.07, 6.45) is 0.950. The summed E-state index contributed by atoms with van der Waals surface area (Å²) in [7, 11) is 0. The highest BCUT2D eigenvalue weighted by Gasteiger charge is 2.35. The molecule has 1 amide bonds. The van der Waals surface area contributed by atoms with Crippen LogP contribution in [0.1, 0.15) is 29.3 Å². The summed E-state index contributed by atoms with van der Waals surface area (Å²) in [6, 6.07) is 8.80. The Labute approximate surface area is 107 Å². The fourth-order valence-electron chi connectivity index (χ4n) is 2.23. The lowest BCUT2D eigenvalue weighted by Gasteiger charge is -2.22. The van der Waals surface area contributed by atoms with Crippen molar-refractivity contribution in [2.45, 2.75) is 13.3 Å². The quantitative estimate of drug-likeness (QED) is 0.852. The Bertz CT molecular complexity index is 489. The molecule has 4 nitrogen and oxygen atoms in total. The van der Waals surface area contributed by atoms with Crippen LogP contribution in [-0.4, -0.2) is 30.4 Å². The molecule has 0 radical (unpaired) electrons. The summed E-state index contributed by atoms with van der Waals surface area (Å²) in [6.45, 7) is 4.18. The average molecular weight is 243 g/mol. The van der Waals surface area contributed by atoms with Crippen LogP contribution < -0.4 is 5.73 Å². The van der Waals surface area contributed by atoms with E-state index in [0.717, 1.165) is 13.0 Å². The van der Waals surface area contributed by atoms with Gasteiger partial charge in [-0.3, -0.25) is 4.79 Å². The molecule has 1 unspecified atom stereocenters. The zero-order chi connectivity index (χ0) is 13.2. The molecule has 0 bridgehead atoms. The van der Waals surface area contributed by atoms with Gasteiger partial charge in [-0.1, -0.05) is 6.92 Å². The minimum atomic E-state index is 0.0247. The van der Waals surface area contributed by atoms with Crippen LogP contribution >= 0.6 is 0 Å². The summed E-state index contributed by atoms with van der Waals surface area (Å²) in [5.74, 6) is 0.0247. The van der Waals surface area contributed by atoms with Crippen molar-refractivity contribution in [2.75, 3.05) is 19.6 Å². The fraction of sp³-hybridized carbons (Fsp3) is 0.429. The first kappa shape index (κ1) is 12.6. The van der Waals surface area contributed by atoms with Gasteiger partial charge >= 0.3 is 0 Å². The van der Waals surface area contributed by atoms with Gasteiger partial charge < -0.3 is 10.6 Å². The SMILES string of the molecule is CC1(CN)CCN(C(=O)c2ccc(C#N)cc2)C1.